The number of sulfonamides is 1. The molecule has 5 nitrogen and oxygen atoms in total. The summed E-state index contributed by atoms with van der Waals surface area (Å²) in [6.45, 7) is 4.98. The number of hydrogen-bond acceptors (Lipinski definition) is 3. The number of hydrogen-bond donors (Lipinski definition) is 1. The van der Waals surface area contributed by atoms with Crippen molar-refractivity contribution >= 4 is 33.2 Å². The lowest BCUT2D eigenvalue weighted by molar-refractivity contribution is 0.0773. The molecule has 0 saturated heterocycles. The fourth-order valence-corrected chi connectivity index (χ4v) is 3.41. The summed E-state index contributed by atoms with van der Waals surface area (Å²) in [4.78, 5) is 14.1. The molecule has 0 bridgehead atoms. The third-order valence-corrected chi connectivity index (χ3v) is 5.19. The van der Waals surface area contributed by atoms with Gasteiger partial charge in [0.1, 0.15) is 0 Å². The summed E-state index contributed by atoms with van der Waals surface area (Å²) < 4.78 is 27.3. The molecule has 0 heterocycles. The van der Waals surface area contributed by atoms with Crippen LogP contribution in [0.3, 0.4) is 0 Å². The first kappa shape index (κ1) is 18.3. The highest BCUT2D eigenvalue weighted by Gasteiger charge is 2.16. The van der Waals surface area contributed by atoms with E-state index in [1.165, 1.54) is 30.3 Å². The summed E-state index contributed by atoms with van der Waals surface area (Å²) in [6, 6.07) is 12.3. The van der Waals surface area contributed by atoms with E-state index in [2.05, 4.69) is 4.72 Å². The maximum atomic E-state index is 12.4. The highest BCUT2D eigenvalue weighted by atomic mass is 35.5. The zero-order chi connectivity index (χ0) is 17.7. The van der Waals surface area contributed by atoms with Gasteiger partial charge in [-0.1, -0.05) is 17.7 Å². The first-order valence-corrected chi connectivity index (χ1v) is 9.41. The van der Waals surface area contributed by atoms with E-state index in [4.69, 9.17) is 11.6 Å². The number of nitrogens with one attached hydrogen (secondary N) is 1. The number of anilines is 1. The van der Waals surface area contributed by atoms with Crippen molar-refractivity contribution in [1.29, 1.82) is 0 Å². The van der Waals surface area contributed by atoms with Crippen LogP contribution in [0.4, 0.5) is 5.69 Å². The molecule has 0 spiro atoms. The maximum absolute atomic E-state index is 12.4. The lowest BCUT2D eigenvalue weighted by atomic mass is 10.2. The molecule has 0 aliphatic rings. The molecule has 7 heteroatoms. The lowest BCUT2D eigenvalue weighted by Crippen LogP contribution is -2.30. The number of halogens is 1. The van der Waals surface area contributed by atoms with Crippen LogP contribution >= 0.6 is 11.6 Å². The Morgan fingerprint density at radius 2 is 1.71 bits per heavy atom. The maximum Gasteiger partial charge on any atom is 0.261 e. The van der Waals surface area contributed by atoms with E-state index in [0.29, 0.717) is 29.4 Å². The number of carbonyl (C=O) groups is 1. The van der Waals surface area contributed by atoms with Crippen molar-refractivity contribution in [2.24, 2.45) is 0 Å². The number of amides is 1. The molecule has 1 N–H and O–H groups in total. The first-order valence-electron chi connectivity index (χ1n) is 7.55. The standard InChI is InChI=1S/C17H19ClN2O3S/c1-3-20(4-2)17(21)13-6-5-7-15(12-13)19-24(22,23)16-10-8-14(18)9-11-16/h5-12,19H,3-4H2,1-2H3. The van der Waals surface area contributed by atoms with Gasteiger partial charge in [-0.15, -0.1) is 0 Å². The Balaban J connectivity index is 2.26. The topological polar surface area (TPSA) is 66.5 Å². The Bertz CT molecular complexity index is 816. The van der Waals surface area contributed by atoms with Crippen molar-refractivity contribution in [3.63, 3.8) is 0 Å². The fraction of sp³-hybridized carbons (Fsp3) is 0.235. The summed E-state index contributed by atoms with van der Waals surface area (Å²) in [5.74, 6) is -0.132. The predicted octanol–water partition coefficient (Wildman–Crippen LogP) is 3.62. The fourth-order valence-electron chi connectivity index (χ4n) is 2.24. The van der Waals surface area contributed by atoms with E-state index >= 15 is 0 Å². The van der Waals surface area contributed by atoms with Gasteiger partial charge in [-0.05, 0) is 56.3 Å². The van der Waals surface area contributed by atoms with Crippen molar-refractivity contribution < 1.29 is 13.2 Å². The SMILES string of the molecule is CCN(CC)C(=O)c1cccc(NS(=O)(=O)c2ccc(Cl)cc2)c1. The van der Waals surface area contributed by atoms with Gasteiger partial charge >= 0.3 is 0 Å². The molecule has 0 fully saturated rings. The van der Waals surface area contributed by atoms with E-state index in [-0.39, 0.29) is 10.8 Å². The predicted molar refractivity (Wildman–Crippen MR) is 96.0 cm³/mol. The van der Waals surface area contributed by atoms with Crippen LogP contribution in [-0.4, -0.2) is 32.3 Å². The van der Waals surface area contributed by atoms with Gasteiger partial charge in [0, 0.05) is 29.4 Å². The minimum atomic E-state index is -3.74. The minimum Gasteiger partial charge on any atom is -0.339 e. The van der Waals surface area contributed by atoms with Gasteiger partial charge < -0.3 is 4.90 Å². The third kappa shape index (κ3) is 4.27. The first-order chi connectivity index (χ1) is 11.4. The molecule has 0 saturated carbocycles. The van der Waals surface area contributed by atoms with Crippen LogP contribution in [-0.2, 0) is 10.0 Å². The van der Waals surface area contributed by atoms with Crippen LogP contribution in [0.2, 0.25) is 5.02 Å². The van der Waals surface area contributed by atoms with Gasteiger partial charge in [-0.2, -0.15) is 0 Å². The van der Waals surface area contributed by atoms with Gasteiger partial charge in [0.25, 0.3) is 15.9 Å². The highest BCUT2D eigenvalue weighted by Crippen LogP contribution is 2.19. The van der Waals surface area contributed by atoms with Crippen LogP contribution in [0.15, 0.2) is 53.4 Å². The molecular formula is C17H19ClN2O3S. The zero-order valence-electron chi connectivity index (χ0n) is 13.5. The van der Waals surface area contributed by atoms with Gasteiger partial charge in [0.05, 0.1) is 4.90 Å². The second-order valence-corrected chi connectivity index (χ2v) is 7.24. The Morgan fingerprint density at radius 3 is 2.29 bits per heavy atom. The summed E-state index contributed by atoms with van der Waals surface area (Å²) in [5.41, 5.74) is 0.776. The average Bonchev–Trinajstić information content (AvgIpc) is 2.56. The quantitative estimate of drug-likeness (QED) is 0.849. The van der Waals surface area contributed by atoms with Crippen LogP contribution in [0, 0.1) is 0 Å². The minimum absolute atomic E-state index is 0.104. The molecule has 2 rings (SSSR count). The van der Waals surface area contributed by atoms with Crippen LogP contribution in [0.5, 0.6) is 0 Å². The zero-order valence-corrected chi connectivity index (χ0v) is 15.1. The van der Waals surface area contributed by atoms with E-state index in [1.54, 1.807) is 23.1 Å². The van der Waals surface area contributed by atoms with Crippen molar-refractivity contribution in [2.75, 3.05) is 17.8 Å². The molecule has 2 aromatic rings. The van der Waals surface area contributed by atoms with Crippen LogP contribution in [0.1, 0.15) is 24.2 Å². The molecular weight excluding hydrogens is 348 g/mol. The van der Waals surface area contributed by atoms with E-state index in [0.717, 1.165) is 0 Å². The number of benzene rings is 2. The Morgan fingerprint density at radius 1 is 1.08 bits per heavy atom. The molecule has 0 aliphatic carbocycles. The van der Waals surface area contributed by atoms with Gasteiger partial charge in [-0.25, -0.2) is 8.42 Å². The summed E-state index contributed by atoms with van der Waals surface area (Å²) in [5, 5.41) is 0.459. The molecule has 0 aromatic heterocycles. The monoisotopic (exact) mass is 366 g/mol. The lowest BCUT2D eigenvalue weighted by Gasteiger charge is -2.19. The van der Waals surface area contributed by atoms with Crippen LogP contribution < -0.4 is 4.72 Å². The number of rotatable bonds is 6. The second-order valence-electron chi connectivity index (χ2n) is 5.12. The number of nitrogens with zero attached hydrogens (tertiary/aromatic N) is 1. The van der Waals surface area contributed by atoms with Crippen LogP contribution in [0.25, 0.3) is 0 Å². The van der Waals surface area contributed by atoms with Crippen molar-refractivity contribution in [3.05, 3.63) is 59.1 Å². The molecule has 24 heavy (non-hydrogen) atoms. The molecule has 0 unspecified atom stereocenters. The van der Waals surface area contributed by atoms with Crippen molar-refractivity contribution in [2.45, 2.75) is 18.7 Å². The molecule has 1 amide bonds. The van der Waals surface area contributed by atoms with E-state index in [9.17, 15) is 13.2 Å². The van der Waals surface area contributed by atoms with Crippen molar-refractivity contribution in [3.8, 4) is 0 Å². The largest absolute Gasteiger partial charge is 0.339 e. The molecule has 0 radical (unpaired) electrons. The smallest absolute Gasteiger partial charge is 0.261 e. The van der Waals surface area contributed by atoms with Crippen molar-refractivity contribution in [1.82, 2.24) is 4.90 Å². The van der Waals surface area contributed by atoms with Gasteiger partial charge in [-0.3, -0.25) is 9.52 Å². The molecule has 0 aliphatic heterocycles. The Kier molecular flexibility index (Phi) is 5.85. The summed E-state index contributed by atoms with van der Waals surface area (Å²) in [6.07, 6.45) is 0. The molecule has 0 atom stereocenters. The summed E-state index contributed by atoms with van der Waals surface area (Å²) >= 11 is 5.78. The Labute approximate surface area is 147 Å². The summed E-state index contributed by atoms with van der Waals surface area (Å²) in [7, 11) is -3.74. The normalized spacial score (nSPS) is 11.1. The molecule has 128 valence electrons. The third-order valence-electron chi connectivity index (χ3n) is 3.54. The molecule has 2 aromatic carbocycles. The van der Waals surface area contributed by atoms with Gasteiger partial charge in [0.15, 0.2) is 0 Å². The Hall–Kier alpha value is -2.05. The number of carbonyl (C=O) groups excluding carboxylic acids is 1. The van der Waals surface area contributed by atoms with E-state index < -0.39 is 10.0 Å². The second kappa shape index (κ2) is 7.68. The average molecular weight is 367 g/mol. The van der Waals surface area contributed by atoms with Gasteiger partial charge in [0.2, 0.25) is 0 Å². The van der Waals surface area contributed by atoms with E-state index in [1.807, 2.05) is 13.8 Å². The highest BCUT2D eigenvalue weighted by molar-refractivity contribution is 7.92.